The first kappa shape index (κ1) is 24.3. The molecule has 0 saturated carbocycles. The molecular formula is C31H25F2NO3. The summed E-state index contributed by atoms with van der Waals surface area (Å²) in [5.41, 5.74) is 3.71. The Hall–Kier alpha value is -4.45. The second-order valence-electron chi connectivity index (χ2n) is 8.77. The van der Waals surface area contributed by atoms with Gasteiger partial charge in [0.15, 0.2) is 0 Å². The molecule has 0 spiro atoms. The van der Waals surface area contributed by atoms with Gasteiger partial charge in [-0.2, -0.15) is 0 Å². The van der Waals surface area contributed by atoms with Crippen molar-refractivity contribution in [3.63, 3.8) is 0 Å². The summed E-state index contributed by atoms with van der Waals surface area (Å²) in [6.45, 7) is 0.444. The minimum absolute atomic E-state index is 0.345. The molecule has 4 aromatic rings. The molecule has 2 atom stereocenters. The standard InChI is InChI=1S/C31H25F2NO3/c32-24-10-6-22(7-11-24)29-19-18-28(31(35)37-29)30(34-26-14-12-25(33)13-15-26)23-8-16-27(17-9-23)36-20-21-4-2-1-3-5-21/h1-18,29-30,34H,19-20H2/t29-,30+/m0/s1. The van der Waals surface area contributed by atoms with Crippen molar-refractivity contribution in [1.82, 2.24) is 0 Å². The van der Waals surface area contributed by atoms with Crippen molar-refractivity contribution >= 4 is 11.7 Å². The Labute approximate surface area is 214 Å². The van der Waals surface area contributed by atoms with E-state index in [-0.39, 0.29) is 11.6 Å². The van der Waals surface area contributed by atoms with Gasteiger partial charge < -0.3 is 14.8 Å². The molecule has 186 valence electrons. The summed E-state index contributed by atoms with van der Waals surface area (Å²) in [5, 5.41) is 3.34. The maximum Gasteiger partial charge on any atom is 0.336 e. The molecule has 1 heterocycles. The summed E-state index contributed by atoms with van der Waals surface area (Å²) in [6, 6.07) is 28.7. The van der Waals surface area contributed by atoms with E-state index >= 15 is 0 Å². The fourth-order valence-electron chi connectivity index (χ4n) is 4.23. The van der Waals surface area contributed by atoms with Crippen LogP contribution >= 0.6 is 0 Å². The molecule has 0 saturated heterocycles. The van der Waals surface area contributed by atoms with E-state index in [0.717, 1.165) is 16.7 Å². The van der Waals surface area contributed by atoms with Gasteiger partial charge in [-0.25, -0.2) is 13.6 Å². The number of cyclic esters (lactones) is 1. The van der Waals surface area contributed by atoms with Crippen molar-refractivity contribution in [2.24, 2.45) is 0 Å². The quantitative estimate of drug-likeness (QED) is 0.259. The van der Waals surface area contributed by atoms with Gasteiger partial charge >= 0.3 is 5.97 Å². The highest BCUT2D eigenvalue weighted by atomic mass is 19.1. The smallest absolute Gasteiger partial charge is 0.336 e. The average molecular weight is 498 g/mol. The molecule has 0 amide bonds. The first-order valence-electron chi connectivity index (χ1n) is 12.0. The molecule has 0 aromatic heterocycles. The number of carbonyl (C=O) groups is 1. The third kappa shape index (κ3) is 6.04. The van der Waals surface area contributed by atoms with Gasteiger partial charge in [0.2, 0.25) is 0 Å². The van der Waals surface area contributed by atoms with Gasteiger partial charge in [0.05, 0.1) is 11.6 Å². The number of benzene rings is 4. The van der Waals surface area contributed by atoms with Gasteiger partial charge in [0, 0.05) is 12.1 Å². The molecule has 1 N–H and O–H groups in total. The number of anilines is 1. The van der Waals surface area contributed by atoms with E-state index in [4.69, 9.17) is 9.47 Å². The van der Waals surface area contributed by atoms with Crippen molar-refractivity contribution < 1.29 is 23.0 Å². The molecule has 5 rings (SSSR count). The molecule has 0 radical (unpaired) electrons. The van der Waals surface area contributed by atoms with Crippen molar-refractivity contribution in [2.75, 3.05) is 5.32 Å². The Balaban J connectivity index is 1.38. The first-order chi connectivity index (χ1) is 18.0. The molecule has 0 fully saturated rings. The Kier molecular flexibility index (Phi) is 7.26. The normalized spacial score (nSPS) is 15.9. The lowest BCUT2D eigenvalue weighted by Crippen LogP contribution is -2.25. The number of nitrogens with one attached hydrogen (secondary N) is 1. The molecule has 0 unspecified atom stereocenters. The fraction of sp³-hybridized carbons (Fsp3) is 0.129. The van der Waals surface area contributed by atoms with Crippen LogP contribution in [0.4, 0.5) is 14.5 Å². The van der Waals surface area contributed by atoms with Crippen molar-refractivity contribution in [3.05, 3.63) is 143 Å². The molecule has 0 aliphatic carbocycles. The second kappa shape index (κ2) is 11.1. The highest BCUT2D eigenvalue weighted by molar-refractivity contribution is 5.92. The Morgan fingerprint density at radius 2 is 1.49 bits per heavy atom. The predicted molar refractivity (Wildman–Crippen MR) is 138 cm³/mol. The van der Waals surface area contributed by atoms with Crippen LogP contribution in [0.25, 0.3) is 0 Å². The van der Waals surface area contributed by atoms with E-state index in [0.29, 0.717) is 30.0 Å². The zero-order valence-corrected chi connectivity index (χ0v) is 19.9. The lowest BCUT2D eigenvalue weighted by Gasteiger charge is -2.28. The number of rotatable bonds is 8. The highest BCUT2D eigenvalue weighted by Gasteiger charge is 2.30. The largest absolute Gasteiger partial charge is 0.489 e. The molecule has 0 bridgehead atoms. The fourth-order valence-corrected chi connectivity index (χ4v) is 4.23. The Morgan fingerprint density at radius 1 is 0.838 bits per heavy atom. The van der Waals surface area contributed by atoms with Crippen LogP contribution < -0.4 is 10.1 Å². The Morgan fingerprint density at radius 3 is 2.14 bits per heavy atom. The number of hydrogen-bond acceptors (Lipinski definition) is 4. The maximum absolute atomic E-state index is 13.5. The minimum atomic E-state index is -0.532. The first-order valence-corrected chi connectivity index (χ1v) is 12.0. The van der Waals surface area contributed by atoms with E-state index in [1.54, 1.807) is 24.3 Å². The zero-order chi connectivity index (χ0) is 25.6. The van der Waals surface area contributed by atoms with Crippen LogP contribution in [0.15, 0.2) is 115 Å². The predicted octanol–water partition coefficient (Wildman–Crippen LogP) is 7.31. The summed E-state index contributed by atoms with van der Waals surface area (Å²) in [4.78, 5) is 13.1. The monoisotopic (exact) mass is 497 g/mol. The summed E-state index contributed by atoms with van der Waals surface area (Å²) in [6.07, 6.45) is 1.81. The van der Waals surface area contributed by atoms with Gasteiger partial charge in [-0.05, 0) is 65.2 Å². The highest BCUT2D eigenvalue weighted by Crippen LogP contribution is 2.35. The lowest BCUT2D eigenvalue weighted by atomic mass is 9.93. The maximum atomic E-state index is 13.5. The van der Waals surface area contributed by atoms with Crippen LogP contribution in [0.5, 0.6) is 5.75 Å². The number of ether oxygens (including phenoxy) is 2. The topological polar surface area (TPSA) is 47.6 Å². The lowest BCUT2D eigenvalue weighted by molar-refractivity contribution is -0.146. The minimum Gasteiger partial charge on any atom is -0.489 e. The van der Waals surface area contributed by atoms with Gasteiger partial charge in [-0.1, -0.05) is 60.7 Å². The molecule has 1 aliphatic rings. The summed E-state index contributed by atoms with van der Waals surface area (Å²) in [7, 11) is 0. The van der Waals surface area contributed by atoms with Crippen LogP contribution in [0.2, 0.25) is 0 Å². The van der Waals surface area contributed by atoms with Crippen LogP contribution in [0.3, 0.4) is 0 Å². The van der Waals surface area contributed by atoms with Gasteiger partial charge in [0.1, 0.15) is 30.1 Å². The van der Waals surface area contributed by atoms with Crippen LogP contribution in [-0.4, -0.2) is 5.97 Å². The van der Waals surface area contributed by atoms with E-state index in [1.807, 2.05) is 60.7 Å². The molecule has 4 nitrogen and oxygen atoms in total. The summed E-state index contributed by atoms with van der Waals surface area (Å²) >= 11 is 0. The third-order valence-electron chi connectivity index (χ3n) is 6.21. The number of halogens is 2. The average Bonchev–Trinajstić information content (AvgIpc) is 2.93. The van der Waals surface area contributed by atoms with Crippen LogP contribution in [0.1, 0.15) is 35.3 Å². The molecule has 4 aromatic carbocycles. The number of esters is 1. The second-order valence-corrected chi connectivity index (χ2v) is 8.77. The molecular weight excluding hydrogens is 472 g/mol. The number of hydrogen-bond donors (Lipinski definition) is 1. The van der Waals surface area contributed by atoms with Gasteiger partial charge in [0.25, 0.3) is 0 Å². The zero-order valence-electron chi connectivity index (χ0n) is 19.9. The summed E-state index contributed by atoms with van der Waals surface area (Å²) in [5.74, 6) is -0.461. The number of carbonyl (C=O) groups excluding carboxylic acids is 1. The molecule has 1 aliphatic heterocycles. The third-order valence-corrected chi connectivity index (χ3v) is 6.21. The van der Waals surface area contributed by atoms with Crippen molar-refractivity contribution in [1.29, 1.82) is 0 Å². The van der Waals surface area contributed by atoms with E-state index in [9.17, 15) is 13.6 Å². The van der Waals surface area contributed by atoms with Crippen LogP contribution in [0, 0.1) is 11.6 Å². The van der Waals surface area contributed by atoms with Crippen molar-refractivity contribution in [3.8, 4) is 5.75 Å². The Bertz CT molecular complexity index is 1370. The molecule has 6 heteroatoms. The summed E-state index contributed by atoms with van der Waals surface area (Å²) < 4.78 is 38.4. The SMILES string of the molecule is O=C1O[C@H](c2ccc(F)cc2)CC=C1[C@H](Nc1ccc(F)cc1)c1ccc(OCc2ccccc2)cc1. The van der Waals surface area contributed by atoms with Crippen LogP contribution in [-0.2, 0) is 16.1 Å². The van der Waals surface area contributed by atoms with Gasteiger partial charge in [-0.3, -0.25) is 0 Å². The van der Waals surface area contributed by atoms with Gasteiger partial charge in [-0.15, -0.1) is 0 Å². The van der Waals surface area contributed by atoms with Crippen molar-refractivity contribution in [2.45, 2.75) is 25.2 Å². The van der Waals surface area contributed by atoms with E-state index < -0.39 is 18.1 Å². The van der Waals surface area contributed by atoms with E-state index in [1.165, 1.54) is 24.3 Å². The molecule has 37 heavy (non-hydrogen) atoms. The van der Waals surface area contributed by atoms with E-state index in [2.05, 4.69) is 5.32 Å².